The van der Waals surface area contributed by atoms with Gasteiger partial charge in [0.25, 0.3) is 0 Å². The van der Waals surface area contributed by atoms with E-state index in [4.69, 9.17) is 4.98 Å². The van der Waals surface area contributed by atoms with E-state index < -0.39 is 9.84 Å². The molecule has 0 atom stereocenters. The molecule has 5 heterocycles. The van der Waals surface area contributed by atoms with Gasteiger partial charge >= 0.3 is 0 Å². The first kappa shape index (κ1) is 23.1. The second-order valence-corrected chi connectivity index (χ2v) is 12.3. The standard InChI is InChI=1S/C26H33N5O2S/c1-17(2)23-24(21-16-30(3)26-20(21)6-5-11-27-26)29-22-10-9-19(28-25(22)23)8-7-18-14-31(15-18)12-13-34(4,32)33/h5-6,9-11,16-18,29H,7-8,12-15H2,1-4H3. The molecule has 1 saturated heterocycles. The predicted molar refractivity (Wildman–Crippen MR) is 138 cm³/mol. The number of pyridine rings is 2. The quantitative estimate of drug-likeness (QED) is 0.410. The molecule has 1 fully saturated rings. The number of sulfone groups is 1. The molecule has 0 aliphatic carbocycles. The Labute approximate surface area is 201 Å². The fraction of sp³-hybridized carbons (Fsp3) is 0.462. The summed E-state index contributed by atoms with van der Waals surface area (Å²) in [6.07, 6.45) is 7.32. The lowest BCUT2D eigenvalue weighted by Gasteiger charge is -2.39. The number of hydrogen-bond acceptors (Lipinski definition) is 5. The van der Waals surface area contributed by atoms with Gasteiger partial charge in [0.15, 0.2) is 0 Å². The van der Waals surface area contributed by atoms with E-state index in [1.807, 2.05) is 19.3 Å². The molecule has 0 bridgehead atoms. The molecule has 0 amide bonds. The second-order valence-electron chi connectivity index (χ2n) is 10.1. The lowest BCUT2D eigenvalue weighted by Crippen LogP contribution is -2.48. The van der Waals surface area contributed by atoms with Gasteiger partial charge < -0.3 is 14.5 Å². The Kier molecular flexibility index (Phi) is 5.98. The van der Waals surface area contributed by atoms with Crippen molar-refractivity contribution in [2.45, 2.75) is 32.6 Å². The topological polar surface area (TPSA) is 83.9 Å². The van der Waals surface area contributed by atoms with Gasteiger partial charge in [-0.05, 0) is 48.9 Å². The number of hydrogen-bond donors (Lipinski definition) is 1. The van der Waals surface area contributed by atoms with Crippen molar-refractivity contribution in [3.05, 3.63) is 47.9 Å². The molecule has 180 valence electrons. The van der Waals surface area contributed by atoms with E-state index in [9.17, 15) is 8.42 Å². The van der Waals surface area contributed by atoms with Crippen molar-refractivity contribution < 1.29 is 8.42 Å². The van der Waals surface area contributed by atoms with Crippen LogP contribution in [0.5, 0.6) is 0 Å². The minimum atomic E-state index is -2.89. The smallest absolute Gasteiger partial charge is 0.148 e. The summed E-state index contributed by atoms with van der Waals surface area (Å²) in [5.41, 5.74) is 7.78. The summed E-state index contributed by atoms with van der Waals surface area (Å²) >= 11 is 0. The zero-order valence-corrected chi connectivity index (χ0v) is 21.2. The van der Waals surface area contributed by atoms with Gasteiger partial charge in [0, 0.05) is 67.5 Å². The van der Waals surface area contributed by atoms with Crippen LogP contribution in [0.2, 0.25) is 0 Å². The second kappa shape index (κ2) is 8.82. The van der Waals surface area contributed by atoms with Crippen molar-refractivity contribution in [2.24, 2.45) is 13.0 Å². The minimum absolute atomic E-state index is 0.249. The minimum Gasteiger partial charge on any atom is -0.353 e. The van der Waals surface area contributed by atoms with E-state index >= 15 is 0 Å². The molecule has 0 unspecified atom stereocenters. The van der Waals surface area contributed by atoms with Crippen molar-refractivity contribution in [1.29, 1.82) is 0 Å². The monoisotopic (exact) mass is 479 g/mol. The molecule has 1 aliphatic heterocycles. The van der Waals surface area contributed by atoms with E-state index in [0.29, 0.717) is 18.4 Å². The number of fused-ring (bicyclic) bond motifs is 2. The van der Waals surface area contributed by atoms with Crippen molar-refractivity contribution in [3.63, 3.8) is 0 Å². The zero-order chi connectivity index (χ0) is 24.0. The normalized spacial score (nSPS) is 15.6. The third kappa shape index (κ3) is 4.49. The number of nitrogens with zero attached hydrogens (tertiary/aromatic N) is 4. The highest BCUT2D eigenvalue weighted by molar-refractivity contribution is 7.90. The average molecular weight is 480 g/mol. The first-order valence-electron chi connectivity index (χ1n) is 12.0. The van der Waals surface area contributed by atoms with Gasteiger partial charge in [-0.25, -0.2) is 13.4 Å². The molecule has 0 radical (unpaired) electrons. The highest BCUT2D eigenvalue weighted by Gasteiger charge is 2.27. The van der Waals surface area contributed by atoms with E-state index in [-0.39, 0.29) is 5.75 Å². The van der Waals surface area contributed by atoms with Crippen LogP contribution in [0.25, 0.3) is 33.3 Å². The maximum absolute atomic E-state index is 11.4. The third-order valence-electron chi connectivity index (χ3n) is 6.94. The van der Waals surface area contributed by atoms with Crippen molar-refractivity contribution >= 4 is 31.9 Å². The highest BCUT2D eigenvalue weighted by Crippen LogP contribution is 2.38. The van der Waals surface area contributed by atoms with Crippen LogP contribution in [0, 0.1) is 5.92 Å². The number of likely N-dealkylation sites (tertiary alicyclic amines) is 1. The first-order valence-corrected chi connectivity index (χ1v) is 14.1. The van der Waals surface area contributed by atoms with Gasteiger partial charge in [-0.15, -0.1) is 0 Å². The van der Waals surface area contributed by atoms with Gasteiger partial charge in [-0.3, -0.25) is 4.98 Å². The fourth-order valence-electron chi connectivity index (χ4n) is 5.14. The SMILES string of the molecule is CC(C)c1c(-c2cn(C)c3ncccc23)[nH]c2ccc(CCC3CN(CCS(C)(=O)=O)C3)nc12. The van der Waals surface area contributed by atoms with Gasteiger partial charge in [0.1, 0.15) is 15.5 Å². The number of nitrogens with one attached hydrogen (secondary N) is 1. The molecule has 0 saturated carbocycles. The van der Waals surface area contributed by atoms with Gasteiger partial charge in [-0.1, -0.05) is 13.8 Å². The van der Waals surface area contributed by atoms with E-state index in [2.05, 4.69) is 57.7 Å². The number of rotatable bonds is 8. The Bertz CT molecular complexity index is 1440. The summed E-state index contributed by atoms with van der Waals surface area (Å²) in [6.45, 7) is 7.07. The number of H-pyrrole nitrogens is 1. The van der Waals surface area contributed by atoms with Crippen molar-refractivity contribution in [1.82, 2.24) is 24.4 Å². The summed E-state index contributed by atoms with van der Waals surface area (Å²) in [6, 6.07) is 8.42. The molecule has 1 aliphatic rings. The zero-order valence-electron chi connectivity index (χ0n) is 20.4. The largest absolute Gasteiger partial charge is 0.353 e. The number of aryl methyl sites for hydroxylation is 2. The van der Waals surface area contributed by atoms with Gasteiger partial charge in [0.2, 0.25) is 0 Å². The van der Waals surface area contributed by atoms with E-state index in [1.54, 1.807) is 0 Å². The van der Waals surface area contributed by atoms with Crippen LogP contribution in [0.4, 0.5) is 0 Å². The Balaban J connectivity index is 1.36. The number of aromatic nitrogens is 4. The molecule has 8 heteroatoms. The Morgan fingerprint density at radius 1 is 1.21 bits per heavy atom. The molecule has 0 aromatic carbocycles. The molecule has 1 N–H and O–H groups in total. The molecule has 5 rings (SSSR count). The summed E-state index contributed by atoms with van der Waals surface area (Å²) in [5.74, 6) is 1.19. The van der Waals surface area contributed by atoms with Crippen LogP contribution < -0.4 is 0 Å². The molecular weight excluding hydrogens is 446 g/mol. The van der Waals surface area contributed by atoms with Gasteiger partial charge in [0.05, 0.1) is 22.5 Å². The van der Waals surface area contributed by atoms with Crippen LogP contribution >= 0.6 is 0 Å². The molecule has 34 heavy (non-hydrogen) atoms. The lowest BCUT2D eigenvalue weighted by molar-refractivity contribution is 0.102. The molecule has 4 aromatic heterocycles. The molecule has 4 aromatic rings. The Morgan fingerprint density at radius 2 is 2.00 bits per heavy atom. The lowest BCUT2D eigenvalue weighted by atomic mass is 9.93. The fourth-order valence-corrected chi connectivity index (χ4v) is 5.73. The summed E-state index contributed by atoms with van der Waals surface area (Å²) in [7, 11) is -0.851. The molecular formula is C26H33N5O2S. The maximum Gasteiger partial charge on any atom is 0.148 e. The van der Waals surface area contributed by atoms with Crippen LogP contribution in [-0.4, -0.2) is 64.5 Å². The summed E-state index contributed by atoms with van der Waals surface area (Å²) in [5, 5.41) is 1.14. The average Bonchev–Trinajstić information content (AvgIpc) is 3.29. The van der Waals surface area contributed by atoms with Crippen LogP contribution in [0.3, 0.4) is 0 Å². The van der Waals surface area contributed by atoms with E-state index in [1.165, 1.54) is 11.8 Å². The van der Waals surface area contributed by atoms with Crippen LogP contribution in [0.1, 0.15) is 37.4 Å². The third-order valence-corrected chi connectivity index (χ3v) is 7.86. The van der Waals surface area contributed by atoms with Crippen LogP contribution in [0.15, 0.2) is 36.7 Å². The van der Waals surface area contributed by atoms with E-state index in [0.717, 1.165) is 64.9 Å². The Hall–Kier alpha value is -2.71. The van der Waals surface area contributed by atoms with Gasteiger partial charge in [-0.2, -0.15) is 0 Å². The number of aromatic amines is 1. The maximum atomic E-state index is 11.4. The summed E-state index contributed by atoms with van der Waals surface area (Å²) in [4.78, 5) is 15.5. The Morgan fingerprint density at radius 3 is 2.74 bits per heavy atom. The summed E-state index contributed by atoms with van der Waals surface area (Å²) < 4.78 is 24.8. The highest BCUT2D eigenvalue weighted by atomic mass is 32.2. The molecule has 7 nitrogen and oxygen atoms in total. The molecule has 0 spiro atoms. The van der Waals surface area contributed by atoms with Crippen molar-refractivity contribution in [3.8, 4) is 11.3 Å². The van der Waals surface area contributed by atoms with Crippen molar-refractivity contribution in [2.75, 3.05) is 31.6 Å². The predicted octanol–water partition coefficient (Wildman–Crippen LogP) is 4.15. The van der Waals surface area contributed by atoms with Crippen LogP contribution in [-0.2, 0) is 23.3 Å². The first-order chi connectivity index (χ1) is 16.2.